The molecule has 0 aliphatic carbocycles. The van der Waals surface area contributed by atoms with Crippen LogP contribution in [0.2, 0.25) is 0 Å². The predicted molar refractivity (Wildman–Crippen MR) is 44.6 cm³/mol. The van der Waals surface area contributed by atoms with Crippen LogP contribution in [0.15, 0.2) is 0 Å². The van der Waals surface area contributed by atoms with Crippen LogP contribution in [-0.4, -0.2) is 23.7 Å². The maximum absolute atomic E-state index is 10.2. The molecule has 3 nitrogen and oxygen atoms in total. The first-order valence-electron chi connectivity index (χ1n) is 3.79. The van der Waals surface area contributed by atoms with E-state index in [1.807, 2.05) is 6.92 Å². The summed E-state index contributed by atoms with van der Waals surface area (Å²) in [7, 11) is 0. The number of rotatable bonds is 3. The van der Waals surface area contributed by atoms with Gasteiger partial charge in [0.2, 0.25) is 0 Å². The molecule has 0 fully saturated rings. The van der Waals surface area contributed by atoms with Gasteiger partial charge in [-0.2, -0.15) is 0 Å². The van der Waals surface area contributed by atoms with Crippen LogP contribution in [-0.2, 0) is 4.79 Å². The Bertz CT molecular complexity index is 138. The van der Waals surface area contributed by atoms with E-state index < -0.39 is 5.97 Å². The van der Waals surface area contributed by atoms with E-state index in [4.69, 9.17) is 5.11 Å². The molecule has 66 valence electrons. The maximum Gasteiger partial charge on any atom is 0.317 e. The number of hydrogen-bond acceptors (Lipinski definition) is 2. The summed E-state index contributed by atoms with van der Waals surface area (Å²) in [4.78, 5) is 10.2. The second kappa shape index (κ2) is 3.72. The summed E-state index contributed by atoms with van der Waals surface area (Å²) < 4.78 is 0. The fourth-order valence-electron chi connectivity index (χ4n) is 0.547. The van der Waals surface area contributed by atoms with Gasteiger partial charge in [-0.25, -0.2) is 0 Å². The van der Waals surface area contributed by atoms with Crippen LogP contribution in [0.1, 0.15) is 27.7 Å². The molecule has 0 aromatic carbocycles. The summed E-state index contributed by atoms with van der Waals surface area (Å²) in [5.74, 6) is -0.805. The summed E-state index contributed by atoms with van der Waals surface area (Å²) in [5.41, 5.74) is 0.120. The molecule has 0 radical (unpaired) electrons. The molecular weight excluding hydrogens is 142 g/mol. The molecule has 1 unspecified atom stereocenters. The van der Waals surface area contributed by atoms with Gasteiger partial charge in [-0.3, -0.25) is 4.79 Å². The van der Waals surface area contributed by atoms with Gasteiger partial charge in [0, 0.05) is 6.04 Å². The van der Waals surface area contributed by atoms with E-state index in [-0.39, 0.29) is 18.0 Å². The van der Waals surface area contributed by atoms with Crippen molar-refractivity contribution < 1.29 is 9.90 Å². The highest BCUT2D eigenvalue weighted by Crippen LogP contribution is 2.17. The first kappa shape index (κ1) is 10.4. The normalized spacial score (nSPS) is 14.5. The Kier molecular flexibility index (Phi) is 3.52. The van der Waals surface area contributed by atoms with Crippen molar-refractivity contribution in [2.24, 2.45) is 5.41 Å². The Morgan fingerprint density at radius 1 is 1.55 bits per heavy atom. The number of carboxylic acid groups (broad SMARTS) is 1. The number of hydrogen-bond donors (Lipinski definition) is 2. The SMILES string of the molecule is CC(NCC(=O)O)C(C)(C)C. The van der Waals surface area contributed by atoms with Crippen molar-refractivity contribution in [2.45, 2.75) is 33.7 Å². The standard InChI is InChI=1S/C8H17NO2/c1-6(8(2,3)4)9-5-7(10)11/h6,9H,5H2,1-4H3,(H,10,11). The highest BCUT2D eigenvalue weighted by Gasteiger charge is 2.19. The monoisotopic (exact) mass is 159 g/mol. The van der Waals surface area contributed by atoms with Crippen LogP contribution in [0, 0.1) is 5.41 Å². The second-order valence-electron chi connectivity index (χ2n) is 3.86. The third-order valence-electron chi connectivity index (χ3n) is 1.86. The maximum atomic E-state index is 10.2. The molecule has 0 saturated carbocycles. The van der Waals surface area contributed by atoms with E-state index >= 15 is 0 Å². The van der Waals surface area contributed by atoms with Crippen molar-refractivity contribution >= 4 is 5.97 Å². The lowest BCUT2D eigenvalue weighted by atomic mass is 9.88. The van der Waals surface area contributed by atoms with Crippen LogP contribution in [0.4, 0.5) is 0 Å². The van der Waals surface area contributed by atoms with Crippen molar-refractivity contribution in [2.75, 3.05) is 6.54 Å². The lowest BCUT2D eigenvalue weighted by molar-refractivity contribution is -0.136. The van der Waals surface area contributed by atoms with E-state index in [2.05, 4.69) is 26.1 Å². The Hall–Kier alpha value is -0.570. The minimum absolute atomic E-state index is 0.0401. The molecule has 0 spiro atoms. The van der Waals surface area contributed by atoms with Crippen LogP contribution in [0.3, 0.4) is 0 Å². The molecule has 0 bridgehead atoms. The summed E-state index contributed by atoms with van der Waals surface area (Å²) in [5, 5.41) is 11.3. The fraction of sp³-hybridized carbons (Fsp3) is 0.875. The van der Waals surface area contributed by atoms with Gasteiger partial charge in [-0.1, -0.05) is 20.8 Å². The van der Waals surface area contributed by atoms with Crippen molar-refractivity contribution in [3.63, 3.8) is 0 Å². The zero-order valence-electron chi connectivity index (χ0n) is 7.64. The van der Waals surface area contributed by atoms with Gasteiger partial charge in [0.05, 0.1) is 6.54 Å². The molecular formula is C8H17NO2. The van der Waals surface area contributed by atoms with Gasteiger partial charge in [0.15, 0.2) is 0 Å². The minimum Gasteiger partial charge on any atom is -0.480 e. The summed E-state index contributed by atoms with van der Waals surface area (Å²) in [6.07, 6.45) is 0. The van der Waals surface area contributed by atoms with Gasteiger partial charge in [0.25, 0.3) is 0 Å². The summed E-state index contributed by atoms with van der Waals surface area (Å²) in [6, 6.07) is 0.221. The highest BCUT2D eigenvalue weighted by molar-refractivity contribution is 5.69. The van der Waals surface area contributed by atoms with Gasteiger partial charge in [0.1, 0.15) is 0 Å². The topological polar surface area (TPSA) is 49.3 Å². The van der Waals surface area contributed by atoms with Crippen LogP contribution in [0.25, 0.3) is 0 Å². The first-order chi connectivity index (χ1) is 4.84. The van der Waals surface area contributed by atoms with Gasteiger partial charge in [-0.05, 0) is 12.3 Å². The van der Waals surface area contributed by atoms with Crippen molar-refractivity contribution in [1.82, 2.24) is 5.32 Å². The summed E-state index contributed by atoms with van der Waals surface area (Å²) >= 11 is 0. The zero-order chi connectivity index (χ0) is 9.07. The van der Waals surface area contributed by atoms with Crippen molar-refractivity contribution in [3.8, 4) is 0 Å². The average molecular weight is 159 g/mol. The largest absolute Gasteiger partial charge is 0.480 e. The highest BCUT2D eigenvalue weighted by atomic mass is 16.4. The van der Waals surface area contributed by atoms with E-state index in [0.717, 1.165) is 0 Å². The quantitative estimate of drug-likeness (QED) is 0.648. The van der Waals surface area contributed by atoms with E-state index in [1.54, 1.807) is 0 Å². The Labute approximate surface area is 67.8 Å². The first-order valence-corrected chi connectivity index (χ1v) is 3.79. The van der Waals surface area contributed by atoms with Crippen molar-refractivity contribution in [1.29, 1.82) is 0 Å². The smallest absolute Gasteiger partial charge is 0.317 e. The molecule has 0 aliphatic rings. The van der Waals surface area contributed by atoms with Crippen LogP contribution in [0.5, 0.6) is 0 Å². The molecule has 0 rings (SSSR count). The Balaban J connectivity index is 3.70. The third-order valence-corrected chi connectivity index (χ3v) is 1.86. The molecule has 1 atom stereocenters. The number of aliphatic carboxylic acids is 1. The predicted octanol–water partition coefficient (Wildman–Crippen LogP) is 1.10. The molecule has 0 amide bonds. The molecule has 0 heterocycles. The summed E-state index contributed by atoms with van der Waals surface area (Å²) in [6.45, 7) is 8.26. The van der Waals surface area contributed by atoms with Crippen LogP contribution >= 0.6 is 0 Å². The second-order valence-corrected chi connectivity index (χ2v) is 3.86. The average Bonchev–Trinajstić information content (AvgIpc) is 1.80. The zero-order valence-corrected chi connectivity index (χ0v) is 7.64. The Morgan fingerprint density at radius 2 is 2.00 bits per heavy atom. The lowest BCUT2D eigenvalue weighted by Gasteiger charge is -2.27. The molecule has 0 saturated heterocycles. The minimum atomic E-state index is -0.805. The molecule has 0 aromatic rings. The Morgan fingerprint density at radius 3 is 2.27 bits per heavy atom. The number of carbonyl (C=O) groups is 1. The molecule has 3 heteroatoms. The third kappa shape index (κ3) is 4.79. The lowest BCUT2D eigenvalue weighted by Crippen LogP contribution is -2.40. The van der Waals surface area contributed by atoms with E-state index in [9.17, 15) is 4.79 Å². The van der Waals surface area contributed by atoms with Gasteiger partial charge >= 0.3 is 5.97 Å². The molecule has 0 aliphatic heterocycles. The van der Waals surface area contributed by atoms with E-state index in [0.29, 0.717) is 0 Å². The van der Waals surface area contributed by atoms with Crippen molar-refractivity contribution in [3.05, 3.63) is 0 Å². The van der Waals surface area contributed by atoms with Gasteiger partial charge < -0.3 is 10.4 Å². The number of carboxylic acids is 1. The number of nitrogens with one attached hydrogen (secondary N) is 1. The van der Waals surface area contributed by atoms with E-state index in [1.165, 1.54) is 0 Å². The van der Waals surface area contributed by atoms with Crippen LogP contribution < -0.4 is 5.32 Å². The fourth-order valence-corrected chi connectivity index (χ4v) is 0.547. The van der Waals surface area contributed by atoms with Gasteiger partial charge in [-0.15, -0.1) is 0 Å². The molecule has 11 heavy (non-hydrogen) atoms. The molecule has 2 N–H and O–H groups in total. The molecule has 0 aromatic heterocycles.